The van der Waals surface area contributed by atoms with Crippen molar-refractivity contribution in [1.82, 2.24) is 10.6 Å². The molecule has 1 aliphatic rings. The van der Waals surface area contributed by atoms with Crippen molar-refractivity contribution in [2.75, 3.05) is 27.9 Å². The van der Waals surface area contributed by atoms with Crippen LogP contribution < -0.4 is 24.8 Å². The molecule has 2 N–H and O–H groups in total. The summed E-state index contributed by atoms with van der Waals surface area (Å²) in [5.74, 6) is 0.785. The summed E-state index contributed by atoms with van der Waals surface area (Å²) in [5.41, 5.74) is 1.37. The maximum Gasteiger partial charge on any atom is 0.338 e. The van der Waals surface area contributed by atoms with Crippen molar-refractivity contribution in [2.45, 2.75) is 26.3 Å². The number of hydrogen-bond acceptors (Lipinski definition) is 6. The lowest BCUT2D eigenvalue weighted by Crippen LogP contribution is -2.45. The summed E-state index contributed by atoms with van der Waals surface area (Å²) in [6.45, 7) is 3.86. The minimum absolute atomic E-state index is 0.297. The zero-order valence-electron chi connectivity index (χ0n) is 15.6. The minimum atomic E-state index is -0.707. The smallest absolute Gasteiger partial charge is 0.338 e. The van der Waals surface area contributed by atoms with Gasteiger partial charge in [-0.25, -0.2) is 9.59 Å². The molecule has 142 valence electrons. The molecule has 8 nitrogen and oxygen atoms in total. The van der Waals surface area contributed by atoms with Crippen LogP contribution in [0.3, 0.4) is 0 Å². The molecule has 2 amide bonds. The zero-order chi connectivity index (χ0) is 19.3. The Morgan fingerprint density at radius 2 is 1.73 bits per heavy atom. The van der Waals surface area contributed by atoms with Crippen molar-refractivity contribution in [3.63, 3.8) is 0 Å². The molecule has 1 aromatic rings. The van der Waals surface area contributed by atoms with E-state index in [1.165, 1.54) is 21.3 Å². The van der Waals surface area contributed by atoms with Crippen LogP contribution in [0.15, 0.2) is 23.4 Å². The monoisotopic (exact) mass is 364 g/mol. The molecule has 0 aromatic heterocycles. The largest absolute Gasteiger partial charge is 0.493 e. The van der Waals surface area contributed by atoms with E-state index in [9.17, 15) is 9.59 Å². The van der Waals surface area contributed by atoms with Crippen LogP contribution >= 0.6 is 0 Å². The Bertz CT molecular complexity index is 703. The number of carbonyl (C=O) groups excluding carboxylic acids is 2. The van der Waals surface area contributed by atoms with E-state index in [0.29, 0.717) is 47.1 Å². The van der Waals surface area contributed by atoms with Gasteiger partial charge >= 0.3 is 12.0 Å². The van der Waals surface area contributed by atoms with E-state index in [0.717, 1.165) is 0 Å². The zero-order valence-corrected chi connectivity index (χ0v) is 15.6. The fourth-order valence-electron chi connectivity index (χ4n) is 2.75. The standard InChI is InChI=1S/C18H24N2O6/c1-6-7-26-17(21)14-10(2)19-18(22)20-15(14)11-8-12(23-3)16(25-5)13(9-11)24-4/h8-9,15H,6-7H2,1-5H3,(H2,19,20,22). The topological polar surface area (TPSA) is 95.1 Å². The number of rotatable bonds is 7. The molecule has 1 heterocycles. The molecule has 1 aromatic carbocycles. The number of benzene rings is 1. The van der Waals surface area contributed by atoms with Crippen molar-refractivity contribution in [1.29, 1.82) is 0 Å². The van der Waals surface area contributed by atoms with Crippen LogP contribution in [0.25, 0.3) is 0 Å². The quantitative estimate of drug-likeness (QED) is 0.721. The van der Waals surface area contributed by atoms with Crippen LogP contribution in [0.2, 0.25) is 0 Å². The lowest BCUT2D eigenvalue weighted by atomic mass is 9.95. The molecule has 0 radical (unpaired) electrons. The van der Waals surface area contributed by atoms with Crippen molar-refractivity contribution in [3.05, 3.63) is 29.0 Å². The highest BCUT2D eigenvalue weighted by Gasteiger charge is 2.33. The van der Waals surface area contributed by atoms with Crippen LogP contribution in [0.4, 0.5) is 4.79 Å². The van der Waals surface area contributed by atoms with Gasteiger partial charge in [-0.1, -0.05) is 6.92 Å². The number of carbonyl (C=O) groups is 2. The van der Waals surface area contributed by atoms with Gasteiger partial charge in [0.25, 0.3) is 0 Å². The summed E-state index contributed by atoms with van der Waals surface area (Å²) in [6, 6.07) is 2.27. The first-order chi connectivity index (χ1) is 12.5. The average molecular weight is 364 g/mol. The number of methoxy groups -OCH3 is 3. The number of hydrogen-bond donors (Lipinski definition) is 2. The number of allylic oxidation sites excluding steroid dienone is 1. The van der Waals surface area contributed by atoms with Gasteiger partial charge < -0.3 is 29.6 Å². The number of esters is 1. The SMILES string of the molecule is CCCOC(=O)C1=C(C)NC(=O)NC1c1cc(OC)c(OC)c(OC)c1. The Labute approximate surface area is 152 Å². The predicted octanol–water partition coefficient (Wildman–Crippen LogP) is 2.29. The van der Waals surface area contributed by atoms with Crippen molar-refractivity contribution >= 4 is 12.0 Å². The van der Waals surface area contributed by atoms with E-state index in [1.54, 1.807) is 19.1 Å². The third-order valence-corrected chi connectivity index (χ3v) is 3.95. The molecule has 26 heavy (non-hydrogen) atoms. The van der Waals surface area contributed by atoms with Gasteiger partial charge in [-0.15, -0.1) is 0 Å². The van der Waals surface area contributed by atoms with Gasteiger partial charge in [0.05, 0.1) is 39.6 Å². The molecular weight excluding hydrogens is 340 g/mol. The Kier molecular flexibility index (Phi) is 6.32. The van der Waals surface area contributed by atoms with E-state index in [-0.39, 0.29) is 0 Å². The highest BCUT2D eigenvalue weighted by molar-refractivity contribution is 5.95. The second-order valence-electron chi connectivity index (χ2n) is 5.66. The van der Waals surface area contributed by atoms with Gasteiger partial charge in [-0.3, -0.25) is 0 Å². The molecule has 1 atom stereocenters. The van der Waals surface area contributed by atoms with Gasteiger partial charge in [-0.2, -0.15) is 0 Å². The number of nitrogens with one attached hydrogen (secondary N) is 2. The number of amides is 2. The maximum atomic E-state index is 12.5. The van der Waals surface area contributed by atoms with Crippen molar-refractivity contribution in [3.8, 4) is 17.2 Å². The molecule has 1 unspecified atom stereocenters. The Morgan fingerprint density at radius 3 is 2.23 bits per heavy atom. The summed E-state index contributed by atoms with van der Waals surface area (Å²) >= 11 is 0. The molecule has 0 aliphatic carbocycles. The lowest BCUT2D eigenvalue weighted by molar-refractivity contribution is -0.139. The minimum Gasteiger partial charge on any atom is -0.493 e. The first-order valence-electron chi connectivity index (χ1n) is 8.22. The third-order valence-electron chi connectivity index (χ3n) is 3.95. The van der Waals surface area contributed by atoms with Crippen LogP contribution in [0.1, 0.15) is 31.9 Å². The Morgan fingerprint density at radius 1 is 1.12 bits per heavy atom. The van der Waals surface area contributed by atoms with E-state index in [1.807, 2.05) is 6.92 Å². The molecule has 2 rings (SSSR count). The second-order valence-corrected chi connectivity index (χ2v) is 5.66. The molecule has 0 spiro atoms. The van der Waals surface area contributed by atoms with Crippen molar-refractivity contribution in [2.24, 2.45) is 0 Å². The molecule has 0 saturated heterocycles. The highest BCUT2D eigenvalue weighted by atomic mass is 16.5. The molecule has 1 aliphatic heterocycles. The summed E-state index contributed by atoms with van der Waals surface area (Å²) in [5, 5.41) is 5.36. The summed E-state index contributed by atoms with van der Waals surface area (Å²) in [6.07, 6.45) is 0.701. The fraction of sp³-hybridized carbons (Fsp3) is 0.444. The average Bonchev–Trinajstić information content (AvgIpc) is 2.64. The van der Waals surface area contributed by atoms with E-state index < -0.39 is 18.0 Å². The maximum absolute atomic E-state index is 12.5. The normalized spacial score (nSPS) is 16.5. The number of ether oxygens (including phenoxy) is 4. The van der Waals surface area contributed by atoms with Gasteiger partial charge in [0.15, 0.2) is 11.5 Å². The first-order valence-corrected chi connectivity index (χ1v) is 8.22. The predicted molar refractivity (Wildman–Crippen MR) is 94.5 cm³/mol. The van der Waals surface area contributed by atoms with Crippen LogP contribution in [-0.4, -0.2) is 39.9 Å². The summed E-state index contributed by atoms with van der Waals surface area (Å²) in [7, 11) is 4.50. The highest BCUT2D eigenvalue weighted by Crippen LogP contribution is 2.41. The van der Waals surface area contributed by atoms with Crippen LogP contribution in [-0.2, 0) is 9.53 Å². The van der Waals surface area contributed by atoms with E-state index in [2.05, 4.69) is 10.6 Å². The Balaban J connectivity index is 2.54. The summed E-state index contributed by atoms with van der Waals surface area (Å²) < 4.78 is 21.3. The third kappa shape index (κ3) is 3.84. The van der Waals surface area contributed by atoms with Gasteiger partial charge in [0.2, 0.25) is 5.75 Å². The van der Waals surface area contributed by atoms with Gasteiger partial charge in [0.1, 0.15) is 0 Å². The van der Waals surface area contributed by atoms with E-state index in [4.69, 9.17) is 18.9 Å². The molecule has 0 bridgehead atoms. The first kappa shape index (κ1) is 19.4. The fourth-order valence-corrected chi connectivity index (χ4v) is 2.75. The molecule has 0 fully saturated rings. The number of urea groups is 1. The molecule has 0 saturated carbocycles. The van der Waals surface area contributed by atoms with Crippen LogP contribution in [0.5, 0.6) is 17.2 Å². The Hall–Kier alpha value is -2.90. The lowest BCUT2D eigenvalue weighted by Gasteiger charge is -2.29. The van der Waals surface area contributed by atoms with E-state index >= 15 is 0 Å². The van der Waals surface area contributed by atoms with Gasteiger partial charge in [0, 0.05) is 5.70 Å². The second kappa shape index (κ2) is 8.46. The molecule has 8 heteroatoms. The summed E-state index contributed by atoms with van der Waals surface area (Å²) in [4.78, 5) is 24.5. The van der Waals surface area contributed by atoms with Gasteiger partial charge in [-0.05, 0) is 31.0 Å². The van der Waals surface area contributed by atoms with Crippen LogP contribution in [0, 0.1) is 0 Å². The molecular formula is C18H24N2O6. The van der Waals surface area contributed by atoms with Crippen molar-refractivity contribution < 1.29 is 28.5 Å².